The van der Waals surface area contributed by atoms with Gasteiger partial charge in [-0.2, -0.15) is 4.31 Å². The Bertz CT molecular complexity index is 813. The number of hydrogen-bond acceptors (Lipinski definition) is 6. The maximum Gasteiger partial charge on any atom is 0.338 e. The first-order valence-corrected chi connectivity index (χ1v) is 9.80. The van der Waals surface area contributed by atoms with E-state index in [-0.39, 0.29) is 31.9 Å². The highest BCUT2D eigenvalue weighted by Crippen LogP contribution is 2.22. The molecule has 0 radical (unpaired) electrons. The van der Waals surface area contributed by atoms with E-state index in [9.17, 15) is 22.4 Å². The molecule has 1 aliphatic heterocycles. The lowest BCUT2D eigenvalue weighted by Crippen LogP contribution is -2.42. The maximum atomic E-state index is 14.1. The lowest BCUT2D eigenvalue weighted by molar-refractivity contribution is -0.125. The molecule has 1 fully saturated rings. The van der Waals surface area contributed by atoms with E-state index in [1.807, 2.05) is 0 Å². The second kappa shape index (κ2) is 8.32. The zero-order valence-electron chi connectivity index (χ0n) is 15.5. The second-order valence-corrected chi connectivity index (χ2v) is 8.94. The minimum absolute atomic E-state index is 0.101. The van der Waals surface area contributed by atoms with Crippen LogP contribution in [-0.4, -0.2) is 63.0 Å². The molecule has 0 spiro atoms. The number of nitrogens with zero attached hydrogens (tertiary/aromatic N) is 1. The van der Waals surface area contributed by atoms with Crippen molar-refractivity contribution in [2.24, 2.45) is 0 Å². The SMILES string of the molecule is CC(C)(C)NC(=O)COC(=O)c1ccc(F)c(S(=O)(=O)N2CCOCC2)c1. The first-order valence-electron chi connectivity index (χ1n) is 8.36. The van der Waals surface area contributed by atoms with E-state index in [4.69, 9.17) is 9.47 Å². The average molecular weight is 402 g/mol. The molecule has 1 aromatic rings. The fourth-order valence-corrected chi connectivity index (χ4v) is 3.92. The lowest BCUT2D eigenvalue weighted by atomic mass is 10.1. The summed E-state index contributed by atoms with van der Waals surface area (Å²) in [6.07, 6.45) is 0. The molecule has 150 valence electrons. The number of esters is 1. The van der Waals surface area contributed by atoms with Crippen molar-refractivity contribution < 1.29 is 31.9 Å². The van der Waals surface area contributed by atoms with Gasteiger partial charge in [-0.1, -0.05) is 0 Å². The fraction of sp³-hybridized carbons (Fsp3) is 0.529. The van der Waals surface area contributed by atoms with Gasteiger partial charge in [-0.3, -0.25) is 4.79 Å². The standard InChI is InChI=1S/C17H23FN2O6S/c1-17(2,3)19-15(21)11-26-16(22)12-4-5-13(18)14(10-12)27(23,24)20-6-8-25-9-7-20/h4-5,10H,6-9,11H2,1-3H3,(H,19,21). The number of morpholine rings is 1. The van der Waals surface area contributed by atoms with Crippen LogP contribution in [0.25, 0.3) is 0 Å². The van der Waals surface area contributed by atoms with Gasteiger partial charge in [0.2, 0.25) is 10.0 Å². The van der Waals surface area contributed by atoms with Crippen LogP contribution < -0.4 is 5.32 Å². The van der Waals surface area contributed by atoms with Gasteiger partial charge >= 0.3 is 5.97 Å². The molecule has 1 heterocycles. The molecule has 0 aliphatic carbocycles. The highest BCUT2D eigenvalue weighted by atomic mass is 32.2. The van der Waals surface area contributed by atoms with Gasteiger partial charge in [0.1, 0.15) is 10.7 Å². The van der Waals surface area contributed by atoms with E-state index >= 15 is 0 Å². The molecule has 1 aliphatic rings. The van der Waals surface area contributed by atoms with Crippen LogP contribution in [0.15, 0.2) is 23.1 Å². The smallest absolute Gasteiger partial charge is 0.338 e. The third kappa shape index (κ3) is 5.72. The van der Waals surface area contributed by atoms with Crippen molar-refractivity contribution in [3.05, 3.63) is 29.6 Å². The van der Waals surface area contributed by atoms with Crippen molar-refractivity contribution >= 4 is 21.9 Å². The quantitative estimate of drug-likeness (QED) is 0.735. The molecule has 0 atom stereocenters. The topological polar surface area (TPSA) is 102 Å². The van der Waals surface area contributed by atoms with Crippen molar-refractivity contribution in [1.29, 1.82) is 0 Å². The van der Waals surface area contributed by atoms with E-state index < -0.39 is 44.8 Å². The Morgan fingerprint density at radius 1 is 1.26 bits per heavy atom. The average Bonchev–Trinajstić information content (AvgIpc) is 2.59. The summed E-state index contributed by atoms with van der Waals surface area (Å²) < 4.78 is 50.5. The van der Waals surface area contributed by atoms with Gasteiger partial charge in [0.15, 0.2) is 6.61 Å². The number of hydrogen-bond donors (Lipinski definition) is 1. The number of rotatable bonds is 5. The first kappa shape index (κ1) is 21.3. The maximum absolute atomic E-state index is 14.1. The van der Waals surface area contributed by atoms with Crippen molar-refractivity contribution in [2.45, 2.75) is 31.2 Å². The van der Waals surface area contributed by atoms with Crippen molar-refractivity contribution in [1.82, 2.24) is 9.62 Å². The van der Waals surface area contributed by atoms with Crippen molar-refractivity contribution in [3.8, 4) is 0 Å². The molecule has 0 unspecified atom stereocenters. The monoisotopic (exact) mass is 402 g/mol. The van der Waals surface area contributed by atoms with Crippen LogP contribution in [0.3, 0.4) is 0 Å². The zero-order valence-corrected chi connectivity index (χ0v) is 16.3. The summed E-state index contributed by atoms with van der Waals surface area (Å²) in [5.41, 5.74) is -0.648. The first-order chi connectivity index (χ1) is 12.5. The lowest BCUT2D eigenvalue weighted by Gasteiger charge is -2.26. The Morgan fingerprint density at radius 3 is 2.48 bits per heavy atom. The number of ether oxygens (including phenoxy) is 2. The third-order valence-corrected chi connectivity index (χ3v) is 5.52. The van der Waals surface area contributed by atoms with Gasteiger partial charge < -0.3 is 14.8 Å². The predicted molar refractivity (Wildman–Crippen MR) is 94.2 cm³/mol. The van der Waals surface area contributed by atoms with Crippen LogP contribution in [-0.2, 0) is 24.3 Å². The Hall–Kier alpha value is -2.04. The summed E-state index contributed by atoms with van der Waals surface area (Å²) in [4.78, 5) is 23.2. The molecule has 1 amide bonds. The normalized spacial score (nSPS) is 16.0. The van der Waals surface area contributed by atoms with E-state index in [1.165, 1.54) is 0 Å². The summed E-state index contributed by atoms with van der Waals surface area (Å²) in [7, 11) is -4.11. The molecule has 0 aromatic heterocycles. The van der Waals surface area contributed by atoms with Crippen LogP contribution in [0.4, 0.5) is 4.39 Å². The van der Waals surface area contributed by atoms with Gasteiger partial charge in [-0.25, -0.2) is 17.6 Å². The van der Waals surface area contributed by atoms with E-state index in [0.717, 1.165) is 22.5 Å². The highest BCUT2D eigenvalue weighted by molar-refractivity contribution is 7.89. The molecular formula is C17H23FN2O6S. The number of halogens is 1. The van der Waals surface area contributed by atoms with E-state index in [2.05, 4.69) is 5.32 Å². The summed E-state index contributed by atoms with van der Waals surface area (Å²) in [5, 5.41) is 2.62. The zero-order chi connectivity index (χ0) is 20.2. The molecule has 0 bridgehead atoms. The minimum atomic E-state index is -4.11. The third-order valence-electron chi connectivity index (χ3n) is 3.60. The van der Waals surface area contributed by atoms with Gasteiger partial charge in [-0.05, 0) is 39.0 Å². The van der Waals surface area contributed by atoms with Crippen LogP contribution in [0.5, 0.6) is 0 Å². The molecule has 1 N–H and O–H groups in total. The van der Waals surface area contributed by atoms with Gasteiger partial charge in [0.05, 0.1) is 18.8 Å². The molecule has 1 saturated heterocycles. The molecule has 10 heteroatoms. The Labute approximate surface area is 157 Å². The van der Waals surface area contributed by atoms with E-state index in [0.29, 0.717) is 0 Å². The number of carbonyl (C=O) groups excluding carboxylic acids is 2. The molecular weight excluding hydrogens is 379 g/mol. The summed E-state index contributed by atoms with van der Waals surface area (Å²) in [5.74, 6) is -2.39. The summed E-state index contributed by atoms with van der Waals surface area (Å²) in [6, 6.07) is 2.92. The van der Waals surface area contributed by atoms with Crippen LogP contribution in [0, 0.1) is 5.82 Å². The number of carbonyl (C=O) groups is 2. The van der Waals surface area contributed by atoms with Crippen LogP contribution in [0.2, 0.25) is 0 Å². The molecule has 8 nitrogen and oxygen atoms in total. The molecule has 0 saturated carbocycles. The minimum Gasteiger partial charge on any atom is -0.452 e. The van der Waals surface area contributed by atoms with Crippen LogP contribution >= 0.6 is 0 Å². The Balaban J connectivity index is 2.14. The molecule has 2 rings (SSSR count). The number of benzene rings is 1. The number of amides is 1. The molecule has 27 heavy (non-hydrogen) atoms. The predicted octanol–water partition coefficient (Wildman–Crippen LogP) is 0.918. The van der Waals surface area contributed by atoms with Gasteiger partial charge in [0.25, 0.3) is 5.91 Å². The van der Waals surface area contributed by atoms with E-state index in [1.54, 1.807) is 20.8 Å². The fourth-order valence-electron chi connectivity index (χ4n) is 2.42. The van der Waals surface area contributed by atoms with Crippen molar-refractivity contribution in [2.75, 3.05) is 32.9 Å². The Morgan fingerprint density at radius 2 is 1.89 bits per heavy atom. The summed E-state index contributed by atoms with van der Waals surface area (Å²) in [6.45, 7) is 5.42. The largest absolute Gasteiger partial charge is 0.452 e. The second-order valence-electron chi connectivity index (χ2n) is 7.04. The number of nitrogens with one attached hydrogen (secondary N) is 1. The Kier molecular flexibility index (Phi) is 6.55. The molecule has 1 aromatic carbocycles. The highest BCUT2D eigenvalue weighted by Gasteiger charge is 2.30. The van der Waals surface area contributed by atoms with Crippen molar-refractivity contribution in [3.63, 3.8) is 0 Å². The summed E-state index contributed by atoms with van der Waals surface area (Å²) >= 11 is 0. The number of sulfonamides is 1. The van der Waals surface area contributed by atoms with Gasteiger partial charge in [0, 0.05) is 18.6 Å². The van der Waals surface area contributed by atoms with Gasteiger partial charge in [-0.15, -0.1) is 0 Å². The van der Waals surface area contributed by atoms with Crippen LogP contribution in [0.1, 0.15) is 31.1 Å².